The lowest BCUT2D eigenvalue weighted by Gasteiger charge is -2.26. The average molecular weight is 416 g/mol. The van der Waals surface area contributed by atoms with Gasteiger partial charge in [0.1, 0.15) is 5.75 Å². The first-order chi connectivity index (χ1) is 11.9. The summed E-state index contributed by atoms with van der Waals surface area (Å²) in [5.74, 6) is -2.69. The Labute approximate surface area is 156 Å². The van der Waals surface area contributed by atoms with E-state index in [0.29, 0.717) is 0 Å². The molecule has 0 aromatic heterocycles. The molecule has 1 saturated heterocycles. The van der Waals surface area contributed by atoms with Crippen LogP contribution in [0.1, 0.15) is 37.7 Å². The number of carboxylic acids is 2. The second-order valence-corrected chi connectivity index (χ2v) is 6.86. The van der Waals surface area contributed by atoms with E-state index in [4.69, 9.17) is 24.5 Å². The van der Waals surface area contributed by atoms with Gasteiger partial charge in [-0.25, -0.2) is 9.59 Å². The quantitative estimate of drug-likeness (QED) is 0.545. The van der Waals surface area contributed by atoms with Crippen molar-refractivity contribution < 1.29 is 24.5 Å². The Morgan fingerprint density at radius 3 is 2.32 bits per heavy atom. The van der Waals surface area contributed by atoms with Gasteiger partial charge >= 0.3 is 11.9 Å². The van der Waals surface area contributed by atoms with Gasteiger partial charge in [0.05, 0.1) is 11.1 Å². The molecule has 2 rings (SSSR count). The molecule has 1 aromatic rings. The number of rotatable bonds is 6. The molecule has 6 nitrogen and oxygen atoms in total. The minimum absolute atomic E-state index is 0.815. The molecule has 0 aliphatic carbocycles. The maximum absolute atomic E-state index is 9.10. The monoisotopic (exact) mass is 415 g/mol. The van der Waals surface area contributed by atoms with Crippen LogP contribution < -0.4 is 4.74 Å². The zero-order chi connectivity index (χ0) is 18.7. The number of carbonyl (C=O) groups is 2. The number of likely N-dealkylation sites (tertiary alicyclic amines) is 1. The highest BCUT2D eigenvalue weighted by molar-refractivity contribution is 9.10. The minimum Gasteiger partial charge on any atom is -0.492 e. The van der Waals surface area contributed by atoms with Gasteiger partial charge in [-0.05, 0) is 85.9 Å². The molecule has 0 amide bonds. The van der Waals surface area contributed by atoms with E-state index in [1.165, 1.54) is 50.9 Å². The molecule has 25 heavy (non-hydrogen) atoms. The first-order valence-electron chi connectivity index (χ1n) is 8.47. The summed E-state index contributed by atoms with van der Waals surface area (Å²) in [5.41, 5.74) is 1.25. The lowest BCUT2D eigenvalue weighted by Crippen LogP contribution is -2.30. The Hall–Kier alpha value is -1.60. The predicted molar refractivity (Wildman–Crippen MR) is 99.2 cm³/mol. The summed E-state index contributed by atoms with van der Waals surface area (Å²) in [4.78, 5) is 20.8. The van der Waals surface area contributed by atoms with Gasteiger partial charge in [0.25, 0.3) is 0 Å². The van der Waals surface area contributed by atoms with Gasteiger partial charge in [0.15, 0.2) is 0 Å². The Bertz CT molecular complexity index is 546. The first-order valence-corrected chi connectivity index (χ1v) is 9.27. The smallest absolute Gasteiger partial charge is 0.414 e. The Kier molecular flexibility index (Phi) is 10.2. The maximum Gasteiger partial charge on any atom is 0.414 e. The van der Waals surface area contributed by atoms with Crippen LogP contribution >= 0.6 is 15.9 Å². The van der Waals surface area contributed by atoms with E-state index in [0.717, 1.165) is 23.2 Å². The third kappa shape index (κ3) is 9.45. The van der Waals surface area contributed by atoms with Crippen molar-refractivity contribution >= 4 is 27.9 Å². The molecule has 1 aliphatic rings. The number of piperidine rings is 1. The summed E-state index contributed by atoms with van der Waals surface area (Å²) in [5, 5.41) is 14.8. The zero-order valence-electron chi connectivity index (χ0n) is 14.5. The first kappa shape index (κ1) is 21.4. The Morgan fingerprint density at radius 1 is 1.12 bits per heavy atom. The summed E-state index contributed by atoms with van der Waals surface area (Å²) < 4.78 is 6.87. The molecule has 1 aliphatic heterocycles. The molecule has 0 radical (unpaired) electrons. The molecule has 1 aromatic carbocycles. The predicted octanol–water partition coefficient (Wildman–Crippen LogP) is 3.56. The number of nitrogens with zero attached hydrogens (tertiary/aromatic N) is 1. The molecule has 1 heterocycles. The topological polar surface area (TPSA) is 87.1 Å². The van der Waals surface area contributed by atoms with Crippen LogP contribution in [0.4, 0.5) is 0 Å². The van der Waals surface area contributed by atoms with E-state index < -0.39 is 11.9 Å². The maximum atomic E-state index is 9.10. The van der Waals surface area contributed by atoms with Gasteiger partial charge in [-0.2, -0.15) is 0 Å². The Balaban J connectivity index is 0.000000450. The highest BCUT2D eigenvalue weighted by Crippen LogP contribution is 2.25. The summed E-state index contributed by atoms with van der Waals surface area (Å²) in [6, 6.07) is 6.24. The third-order valence-electron chi connectivity index (χ3n) is 3.85. The minimum atomic E-state index is -1.82. The third-order valence-corrected chi connectivity index (χ3v) is 4.46. The van der Waals surface area contributed by atoms with Gasteiger partial charge in [0, 0.05) is 0 Å². The number of hydrogen-bond acceptors (Lipinski definition) is 4. The van der Waals surface area contributed by atoms with Crippen molar-refractivity contribution in [1.29, 1.82) is 0 Å². The van der Waals surface area contributed by atoms with Gasteiger partial charge in [0.2, 0.25) is 0 Å². The molecule has 0 atom stereocenters. The van der Waals surface area contributed by atoms with E-state index in [9.17, 15) is 0 Å². The van der Waals surface area contributed by atoms with Crippen molar-refractivity contribution in [3.8, 4) is 5.75 Å². The second kappa shape index (κ2) is 11.9. The van der Waals surface area contributed by atoms with Crippen LogP contribution in [0, 0.1) is 6.92 Å². The van der Waals surface area contributed by atoms with Crippen LogP contribution in [-0.2, 0) is 9.59 Å². The molecule has 0 bridgehead atoms. The van der Waals surface area contributed by atoms with Crippen molar-refractivity contribution in [2.75, 3.05) is 26.2 Å². The van der Waals surface area contributed by atoms with E-state index in [1.807, 2.05) is 6.07 Å². The van der Waals surface area contributed by atoms with Gasteiger partial charge < -0.3 is 19.8 Å². The molecule has 1 fully saturated rings. The molecule has 0 saturated carbocycles. The van der Waals surface area contributed by atoms with Crippen LogP contribution in [0.25, 0.3) is 0 Å². The number of benzene rings is 1. The van der Waals surface area contributed by atoms with Gasteiger partial charge in [-0.1, -0.05) is 12.5 Å². The van der Waals surface area contributed by atoms with Crippen LogP contribution in [0.2, 0.25) is 0 Å². The molecule has 140 valence electrons. The number of aliphatic carboxylic acids is 2. The highest BCUT2D eigenvalue weighted by Gasteiger charge is 2.09. The molecular weight excluding hydrogens is 390 g/mol. The van der Waals surface area contributed by atoms with Crippen LogP contribution in [0.15, 0.2) is 22.7 Å². The standard InChI is InChI=1S/C16H24BrNO.C2H2O4/c1-14-7-8-16(15(17)13-14)19-12-6-5-11-18-9-3-2-4-10-18;3-1(4)2(5)6/h7-8,13H,2-6,9-12H2,1H3;(H,3,4)(H,5,6). The van der Waals surface area contributed by atoms with Crippen LogP contribution in [-0.4, -0.2) is 53.3 Å². The van der Waals surface area contributed by atoms with Gasteiger partial charge in [-0.15, -0.1) is 0 Å². The normalized spacial score (nSPS) is 14.3. The number of ether oxygens (including phenoxy) is 1. The zero-order valence-corrected chi connectivity index (χ0v) is 16.1. The van der Waals surface area contributed by atoms with Gasteiger partial charge in [-0.3, -0.25) is 0 Å². The number of aryl methyl sites for hydroxylation is 1. The van der Waals surface area contributed by atoms with E-state index in [1.54, 1.807) is 0 Å². The summed E-state index contributed by atoms with van der Waals surface area (Å²) in [6.07, 6.45) is 6.56. The SMILES string of the molecule is Cc1ccc(OCCCCN2CCCCC2)c(Br)c1.O=C(O)C(=O)O. The second-order valence-electron chi connectivity index (χ2n) is 6.00. The molecule has 0 spiro atoms. The number of halogens is 1. The van der Waals surface area contributed by atoms with Crippen molar-refractivity contribution in [3.05, 3.63) is 28.2 Å². The van der Waals surface area contributed by atoms with Crippen molar-refractivity contribution in [1.82, 2.24) is 4.90 Å². The highest BCUT2D eigenvalue weighted by atomic mass is 79.9. The van der Waals surface area contributed by atoms with Crippen molar-refractivity contribution in [3.63, 3.8) is 0 Å². The van der Waals surface area contributed by atoms with Crippen LogP contribution in [0.5, 0.6) is 5.75 Å². The fraction of sp³-hybridized carbons (Fsp3) is 0.556. The molecular formula is C18H26BrNO5. The number of carboxylic acid groups (broad SMARTS) is 2. The lowest BCUT2D eigenvalue weighted by molar-refractivity contribution is -0.159. The fourth-order valence-electron chi connectivity index (χ4n) is 2.53. The Morgan fingerprint density at radius 2 is 1.76 bits per heavy atom. The molecule has 2 N–H and O–H groups in total. The largest absolute Gasteiger partial charge is 0.492 e. The molecule has 7 heteroatoms. The number of hydrogen-bond donors (Lipinski definition) is 2. The van der Waals surface area contributed by atoms with E-state index >= 15 is 0 Å². The van der Waals surface area contributed by atoms with Crippen molar-refractivity contribution in [2.24, 2.45) is 0 Å². The summed E-state index contributed by atoms with van der Waals surface area (Å²) in [6.45, 7) is 6.73. The fourth-order valence-corrected chi connectivity index (χ4v) is 3.13. The lowest BCUT2D eigenvalue weighted by atomic mass is 10.1. The van der Waals surface area contributed by atoms with Crippen molar-refractivity contribution in [2.45, 2.75) is 39.0 Å². The van der Waals surface area contributed by atoms with Crippen LogP contribution in [0.3, 0.4) is 0 Å². The molecule has 0 unspecified atom stereocenters. The summed E-state index contributed by atoms with van der Waals surface area (Å²) in [7, 11) is 0. The average Bonchev–Trinajstić information content (AvgIpc) is 2.58. The summed E-state index contributed by atoms with van der Waals surface area (Å²) >= 11 is 3.55. The number of unbranched alkanes of at least 4 members (excludes halogenated alkanes) is 1. The van der Waals surface area contributed by atoms with E-state index in [-0.39, 0.29) is 0 Å². The van der Waals surface area contributed by atoms with E-state index in [2.05, 4.69) is 39.9 Å².